The summed E-state index contributed by atoms with van der Waals surface area (Å²) in [7, 11) is 0. The maximum atomic E-state index is 2.50. The fraction of sp³-hybridized carbons (Fsp3) is 0.273. The zero-order valence-corrected chi connectivity index (χ0v) is 20.1. The number of benzene rings is 2. The van der Waals surface area contributed by atoms with Crippen molar-refractivity contribution < 1.29 is 47.7 Å². The van der Waals surface area contributed by atoms with Crippen molar-refractivity contribution in [3.05, 3.63) is 80.9 Å². The summed E-state index contributed by atoms with van der Waals surface area (Å²) in [5.41, 5.74) is 12.1. The fourth-order valence-corrected chi connectivity index (χ4v) is 10.9. The number of hydrogen-bond donors (Lipinski definition) is 0. The van der Waals surface area contributed by atoms with Crippen LogP contribution in [0.15, 0.2) is 36.4 Å². The van der Waals surface area contributed by atoms with E-state index in [9.17, 15) is 0 Å². The molecular formula is C22H22Cl2Hf. The molecule has 0 radical (unpaired) electrons. The number of halogens is 2. The van der Waals surface area contributed by atoms with Gasteiger partial charge < -0.3 is 24.8 Å². The van der Waals surface area contributed by atoms with Crippen molar-refractivity contribution in [3.8, 4) is 0 Å². The van der Waals surface area contributed by atoms with Gasteiger partial charge in [0.2, 0.25) is 0 Å². The third-order valence-corrected chi connectivity index (χ3v) is 11.4. The van der Waals surface area contributed by atoms with Gasteiger partial charge >= 0.3 is 151 Å². The van der Waals surface area contributed by atoms with Crippen LogP contribution in [0.25, 0.3) is 12.2 Å². The molecule has 0 heterocycles. The molecule has 2 aromatic rings. The Morgan fingerprint density at radius 1 is 0.600 bits per heavy atom. The van der Waals surface area contributed by atoms with Crippen LogP contribution in [0, 0.1) is 27.7 Å². The summed E-state index contributed by atoms with van der Waals surface area (Å²) in [6, 6.07) is 9.16. The van der Waals surface area contributed by atoms with E-state index in [1.165, 1.54) is 33.4 Å². The van der Waals surface area contributed by atoms with Gasteiger partial charge in [-0.25, -0.2) is 0 Å². The van der Waals surface area contributed by atoms with Gasteiger partial charge in [-0.3, -0.25) is 0 Å². The standard InChI is InChI=1S/2C11H11.2ClH.Hf/c2*1-8-6-7-9(2)11-5-3-4-10(8)11;;;/h2*3-7H,1-2H3;2*1H;/q;;;;+2/p-2. The van der Waals surface area contributed by atoms with Crippen molar-refractivity contribution in [1.82, 2.24) is 0 Å². The molecule has 0 fully saturated rings. The van der Waals surface area contributed by atoms with Gasteiger partial charge in [0.05, 0.1) is 0 Å². The second-order valence-corrected chi connectivity index (χ2v) is 12.6. The molecule has 2 aromatic carbocycles. The third kappa shape index (κ3) is 3.48. The minimum absolute atomic E-state index is 0. The first-order valence-corrected chi connectivity index (χ1v) is 12.5. The molecule has 0 bridgehead atoms. The zero-order valence-electron chi connectivity index (χ0n) is 15.0. The maximum absolute atomic E-state index is 2.50. The molecule has 4 rings (SSSR count). The van der Waals surface area contributed by atoms with Gasteiger partial charge in [0.25, 0.3) is 0 Å². The van der Waals surface area contributed by atoms with E-state index < -0.39 is 22.9 Å². The molecule has 0 saturated carbocycles. The largest absolute Gasteiger partial charge is 1.00 e. The molecular weight excluding hydrogens is 514 g/mol. The summed E-state index contributed by atoms with van der Waals surface area (Å²) in [4.78, 5) is 0. The van der Waals surface area contributed by atoms with Crippen molar-refractivity contribution in [2.24, 2.45) is 0 Å². The predicted molar refractivity (Wildman–Crippen MR) is 95.4 cm³/mol. The molecule has 0 nitrogen and oxygen atoms in total. The van der Waals surface area contributed by atoms with E-state index >= 15 is 0 Å². The molecule has 2 aliphatic carbocycles. The van der Waals surface area contributed by atoms with E-state index in [4.69, 9.17) is 0 Å². The van der Waals surface area contributed by atoms with E-state index in [0.29, 0.717) is 0 Å². The van der Waals surface area contributed by atoms with Crippen molar-refractivity contribution in [3.63, 3.8) is 0 Å². The first-order chi connectivity index (χ1) is 11.1. The molecule has 25 heavy (non-hydrogen) atoms. The van der Waals surface area contributed by atoms with Crippen molar-refractivity contribution in [2.45, 2.75) is 35.0 Å². The molecule has 0 spiro atoms. The molecule has 2 atom stereocenters. The Bertz CT molecular complexity index is 793. The topological polar surface area (TPSA) is 0 Å². The van der Waals surface area contributed by atoms with Crippen LogP contribution in [0.5, 0.6) is 0 Å². The Kier molecular flexibility index (Phi) is 6.57. The number of fused-ring (bicyclic) bond motifs is 2. The average Bonchev–Trinajstić information content (AvgIpc) is 3.14. The predicted octanol–water partition coefficient (Wildman–Crippen LogP) is -0.153. The first kappa shape index (κ1) is 20.7. The first-order valence-electron chi connectivity index (χ1n) is 8.39. The second-order valence-electron chi connectivity index (χ2n) is 6.89. The van der Waals surface area contributed by atoms with E-state index in [2.05, 4.69) is 76.3 Å². The Balaban J connectivity index is 0.00000113. The monoisotopic (exact) mass is 536 g/mol. The van der Waals surface area contributed by atoms with Crippen LogP contribution in [-0.4, -0.2) is 0 Å². The van der Waals surface area contributed by atoms with Gasteiger partial charge in [0.1, 0.15) is 0 Å². The fourth-order valence-electron chi connectivity index (χ4n) is 4.03. The van der Waals surface area contributed by atoms with Gasteiger partial charge in [0, 0.05) is 0 Å². The van der Waals surface area contributed by atoms with Gasteiger partial charge in [-0.05, 0) is 0 Å². The quantitative estimate of drug-likeness (QED) is 0.470. The molecule has 0 amide bonds. The van der Waals surface area contributed by atoms with E-state index in [1.54, 1.807) is 11.1 Å². The van der Waals surface area contributed by atoms with Gasteiger partial charge in [-0.2, -0.15) is 0 Å². The summed E-state index contributed by atoms with van der Waals surface area (Å²) >= 11 is -0.895. The molecule has 3 heteroatoms. The van der Waals surface area contributed by atoms with E-state index in [0.717, 1.165) is 7.35 Å². The summed E-state index contributed by atoms with van der Waals surface area (Å²) < 4.78 is 1.48. The van der Waals surface area contributed by atoms with Crippen LogP contribution in [0.3, 0.4) is 0 Å². The van der Waals surface area contributed by atoms with Crippen LogP contribution in [0.1, 0.15) is 51.9 Å². The second kappa shape index (κ2) is 7.94. The van der Waals surface area contributed by atoms with Crippen LogP contribution in [0.2, 0.25) is 0 Å². The molecule has 2 aliphatic rings. The maximum Gasteiger partial charge on any atom is -1.00 e. The summed E-state index contributed by atoms with van der Waals surface area (Å²) in [6.07, 6.45) is 9.78. The zero-order chi connectivity index (χ0) is 16.1. The molecule has 0 N–H and O–H groups in total. The van der Waals surface area contributed by atoms with Gasteiger partial charge in [-0.1, -0.05) is 0 Å². The molecule has 0 aliphatic heterocycles. The SMILES string of the molecule is Cc1ccc(C)c2c1C=C[CH]2[Hf+2][CH]1C=Cc2c(C)ccc(C)c21.[Cl-].[Cl-]. The van der Waals surface area contributed by atoms with Crippen LogP contribution < -0.4 is 24.8 Å². The Morgan fingerprint density at radius 3 is 1.36 bits per heavy atom. The molecule has 0 aromatic heterocycles. The van der Waals surface area contributed by atoms with E-state index in [1.807, 2.05) is 0 Å². The molecule has 128 valence electrons. The number of allylic oxidation sites excluding steroid dienone is 2. The van der Waals surface area contributed by atoms with E-state index in [-0.39, 0.29) is 24.8 Å². The summed E-state index contributed by atoms with van der Waals surface area (Å²) in [5.74, 6) is 0. The number of hydrogen-bond acceptors (Lipinski definition) is 0. The Hall–Kier alpha value is -0.630. The van der Waals surface area contributed by atoms with Crippen LogP contribution in [-0.2, 0) is 22.9 Å². The van der Waals surface area contributed by atoms with Crippen molar-refractivity contribution in [1.29, 1.82) is 0 Å². The number of rotatable bonds is 2. The summed E-state index contributed by atoms with van der Waals surface area (Å²) in [5, 5.41) is 0. The van der Waals surface area contributed by atoms with Gasteiger partial charge in [0.15, 0.2) is 0 Å². The minimum Gasteiger partial charge on any atom is -1.00 e. The summed E-state index contributed by atoms with van der Waals surface area (Å²) in [6.45, 7) is 9.07. The van der Waals surface area contributed by atoms with Crippen molar-refractivity contribution >= 4 is 12.2 Å². The van der Waals surface area contributed by atoms with Crippen LogP contribution in [0.4, 0.5) is 0 Å². The number of aryl methyl sites for hydroxylation is 4. The van der Waals surface area contributed by atoms with Crippen molar-refractivity contribution in [2.75, 3.05) is 0 Å². The Labute approximate surface area is 175 Å². The minimum atomic E-state index is -0.895. The average molecular weight is 536 g/mol. The van der Waals surface area contributed by atoms with Gasteiger partial charge in [-0.15, -0.1) is 0 Å². The Morgan fingerprint density at radius 2 is 0.960 bits per heavy atom. The normalized spacial score (nSPS) is 18.9. The smallest absolute Gasteiger partial charge is 1.00 e. The molecule has 2 unspecified atom stereocenters. The molecule has 0 saturated heterocycles. The van der Waals surface area contributed by atoms with Crippen LogP contribution >= 0.6 is 0 Å². The third-order valence-electron chi connectivity index (χ3n) is 5.34.